The molecule has 1 heterocycles. The molecule has 3 aliphatic rings. The lowest BCUT2D eigenvalue weighted by Crippen LogP contribution is -2.50. The predicted octanol–water partition coefficient (Wildman–Crippen LogP) is 2.52. The maximum Gasteiger partial charge on any atom is 0.307 e. The van der Waals surface area contributed by atoms with Crippen molar-refractivity contribution in [3.63, 3.8) is 0 Å². The van der Waals surface area contributed by atoms with Crippen molar-refractivity contribution in [3.8, 4) is 0 Å². The monoisotopic (exact) mass is 194 g/mol. The first-order valence-electron chi connectivity index (χ1n) is 5.63. The molecule has 2 bridgehead atoms. The van der Waals surface area contributed by atoms with Gasteiger partial charge in [-0.3, -0.25) is 4.79 Å². The van der Waals surface area contributed by atoms with Crippen molar-refractivity contribution in [1.29, 1.82) is 0 Å². The molecule has 0 aromatic heterocycles. The van der Waals surface area contributed by atoms with E-state index in [0.717, 1.165) is 5.92 Å². The summed E-state index contributed by atoms with van der Waals surface area (Å²) >= 11 is 0. The Morgan fingerprint density at radius 2 is 2.07 bits per heavy atom. The zero-order valence-corrected chi connectivity index (χ0v) is 9.22. The molecule has 2 aliphatic carbocycles. The van der Waals surface area contributed by atoms with Crippen LogP contribution in [-0.4, -0.2) is 11.6 Å². The highest BCUT2D eigenvalue weighted by atomic mass is 16.6. The molecule has 1 saturated heterocycles. The van der Waals surface area contributed by atoms with E-state index in [-0.39, 0.29) is 22.4 Å². The van der Waals surface area contributed by atoms with E-state index in [4.69, 9.17) is 4.74 Å². The number of carbonyl (C=O) groups is 1. The molecule has 1 spiro atoms. The zero-order chi connectivity index (χ0) is 10.2. The van der Waals surface area contributed by atoms with Crippen molar-refractivity contribution in [3.05, 3.63) is 0 Å². The molecule has 2 saturated carbocycles. The van der Waals surface area contributed by atoms with Crippen LogP contribution in [0.1, 0.15) is 46.5 Å². The fourth-order valence-corrected chi connectivity index (χ4v) is 4.36. The Labute approximate surface area is 85.0 Å². The van der Waals surface area contributed by atoms with Crippen LogP contribution in [-0.2, 0) is 9.53 Å². The molecule has 78 valence electrons. The Kier molecular flexibility index (Phi) is 1.27. The molecule has 0 amide bonds. The Bertz CT molecular complexity index is 320. The van der Waals surface area contributed by atoms with Gasteiger partial charge in [0.25, 0.3) is 0 Å². The maximum absolute atomic E-state index is 11.5. The van der Waals surface area contributed by atoms with Crippen LogP contribution in [0.3, 0.4) is 0 Å². The second kappa shape index (κ2) is 2.02. The van der Waals surface area contributed by atoms with E-state index in [2.05, 4.69) is 20.8 Å². The van der Waals surface area contributed by atoms with Crippen LogP contribution in [0.5, 0.6) is 0 Å². The van der Waals surface area contributed by atoms with Crippen molar-refractivity contribution >= 4 is 5.97 Å². The quantitative estimate of drug-likeness (QED) is 0.554. The van der Waals surface area contributed by atoms with Gasteiger partial charge in [-0.2, -0.15) is 0 Å². The number of fused-ring (bicyclic) bond motifs is 1. The van der Waals surface area contributed by atoms with Crippen LogP contribution in [0.25, 0.3) is 0 Å². The van der Waals surface area contributed by atoms with Crippen LogP contribution >= 0.6 is 0 Å². The summed E-state index contributed by atoms with van der Waals surface area (Å²) < 4.78 is 5.67. The van der Waals surface area contributed by atoms with Gasteiger partial charge in [0.05, 0.1) is 6.42 Å². The minimum absolute atomic E-state index is 0.0286. The lowest BCUT2D eigenvalue weighted by molar-refractivity contribution is -0.165. The number of esters is 1. The smallest absolute Gasteiger partial charge is 0.307 e. The molecule has 0 aromatic rings. The van der Waals surface area contributed by atoms with Gasteiger partial charge in [-0.25, -0.2) is 0 Å². The Hall–Kier alpha value is -0.530. The van der Waals surface area contributed by atoms with Gasteiger partial charge in [0, 0.05) is 10.8 Å². The maximum atomic E-state index is 11.5. The van der Waals surface area contributed by atoms with E-state index >= 15 is 0 Å². The van der Waals surface area contributed by atoms with Crippen LogP contribution in [0, 0.1) is 16.7 Å². The first kappa shape index (κ1) is 8.75. The summed E-state index contributed by atoms with van der Waals surface area (Å²) in [6, 6.07) is 0. The van der Waals surface area contributed by atoms with Crippen molar-refractivity contribution < 1.29 is 9.53 Å². The van der Waals surface area contributed by atoms with Crippen molar-refractivity contribution in [1.82, 2.24) is 0 Å². The molecule has 0 unspecified atom stereocenters. The van der Waals surface area contributed by atoms with E-state index in [1.165, 1.54) is 19.3 Å². The molecular weight excluding hydrogens is 176 g/mol. The summed E-state index contributed by atoms with van der Waals surface area (Å²) in [5.41, 5.74) is 0.190. The molecule has 3 atom stereocenters. The highest BCUT2D eigenvalue weighted by Gasteiger charge is 2.74. The van der Waals surface area contributed by atoms with Crippen LogP contribution < -0.4 is 0 Å². The van der Waals surface area contributed by atoms with Crippen molar-refractivity contribution in [2.24, 2.45) is 16.7 Å². The van der Waals surface area contributed by atoms with E-state index < -0.39 is 0 Å². The van der Waals surface area contributed by atoms with E-state index in [9.17, 15) is 4.79 Å². The van der Waals surface area contributed by atoms with Gasteiger partial charge in [-0.05, 0) is 32.1 Å². The summed E-state index contributed by atoms with van der Waals surface area (Å²) in [6.07, 6.45) is 4.37. The summed E-state index contributed by atoms with van der Waals surface area (Å²) in [5.74, 6) is 0.793. The molecule has 3 rings (SSSR count). The molecule has 0 N–H and O–H groups in total. The highest BCUT2D eigenvalue weighted by molar-refractivity contribution is 5.75. The third-order valence-corrected chi connectivity index (χ3v) is 5.67. The third-order valence-electron chi connectivity index (χ3n) is 5.67. The average molecular weight is 194 g/mol. The number of hydrogen-bond donors (Lipinski definition) is 0. The van der Waals surface area contributed by atoms with Crippen molar-refractivity contribution in [2.45, 2.75) is 52.1 Å². The minimum Gasteiger partial charge on any atom is -0.458 e. The number of ether oxygens (including phenoxy) is 1. The molecule has 2 nitrogen and oxygen atoms in total. The predicted molar refractivity (Wildman–Crippen MR) is 52.7 cm³/mol. The van der Waals surface area contributed by atoms with Crippen molar-refractivity contribution in [2.75, 3.05) is 0 Å². The molecule has 3 fully saturated rings. The van der Waals surface area contributed by atoms with Gasteiger partial charge >= 0.3 is 5.97 Å². The summed E-state index contributed by atoms with van der Waals surface area (Å²) in [5, 5.41) is 0. The van der Waals surface area contributed by atoms with Crippen LogP contribution in [0.15, 0.2) is 0 Å². The SMILES string of the molecule is CC1(C)[C@@H]2CC[C@@]3(CC(=O)O[C@@]13C)C2. The number of rotatable bonds is 0. The molecule has 1 aliphatic heterocycles. The van der Waals surface area contributed by atoms with Crippen LogP contribution in [0.2, 0.25) is 0 Å². The first-order valence-corrected chi connectivity index (χ1v) is 5.63. The Morgan fingerprint density at radius 3 is 2.71 bits per heavy atom. The lowest BCUT2D eigenvalue weighted by Gasteiger charge is -2.47. The third kappa shape index (κ3) is 0.636. The van der Waals surface area contributed by atoms with Gasteiger partial charge < -0.3 is 4.74 Å². The Balaban J connectivity index is 2.15. The van der Waals surface area contributed by atoms with Gasteiger partial charge in [0.2, 0.25) is 0 Å². The number of hydrogen-bond acceptors (Lipinski definition) is 2. The standard InChI is InChI=1S/C12H18O2/c1-10(2)8-4-5-12(6-8)7-9(13)14-11(10,12)3/h8H,4-7H2,1-3H3/t8-,11+,12+/m1/s1. The highest BCUT2D eigenvalue weighted by Crippen LogP contribution is 2.73. The topological polar surface area (TPSA) is 26.3 Å². The second-order valence-corrected chi connectivity index (χ2v) is 6.13. The van der Waals surface area contributed by atoms with E-state index in [0.29, 0.717) is 6.42 Å². The minimum atomic E-state index is -0.181. The first-order chi connectivity index (χ1) is 6.41. The van der Waals surface area contributed by atoms with Gasteiger partial charge in [0.15, 0.2) is 0 Å². The average Bonchev–Trinajstić information content (AvgIpc) is 2.61. The molecule has 14 heavy (non-hydrogen) atoms. The number of carbonyl (C=O) groups excluding carboxylic acids is 1. The fraction of sp³-hybridized carbons (Fsp3) is 0.917. The summed E-state index contributed by atoms with van der Waals surface area (Å²) in [7, 11) is 0. The van der Waals surface area contributed by atoms with Gasteiger partial charge in [-0.1, -0.05) is 13.8 Å². The summed E-state index contributed by atoms with van der Waals surface area (Å²) in [4.78, 5) is 11.5. The van der Waals surface area contributed by atoms with Crippen LogP contribution in [0.4, 0.5) is 0 Å². The molecule has 0 radical (unpaired) electrons. The largest absolute Gasteiger partial charge is 0.458 e. The van der Waals surface area contributed by atoms with E-state index in [1.807, 2.05) is 0 Å². The summed E-state index contributed by atoms with van der Waals surface area (Å²) in [6.45, 7) is 6.71. The lowest BCUT2D eigenvalue weighted by atomic mass is 9.61. The molecular formula is C12H18O2. The van der Waals surface area contributed by atoms with Gasteiger partial charge in [0.1, 0.15) is 5.60 Å². The molecule has 2 heteroatoms. The normalized spacial score (nSPS) is 53.4. The zero-order valence-electron chi connectivity index (χ0n) is 9.22. The van der Waals surface area contributed by atoms with Gasteiger partial charge in [-0.15, -0.1) is 0 Å². The Morgan fingerprint density at radius 1 is 1.36 bits per heavy atom. The fourth-order valence-electron chi connectivity index (χ4n) is 4.36. The van der Waals surface area contributed by atoms with E-state index in [1.54, 1.807) is 0 Å². The second-order valence-electron chi connectivity index (χ2n) is 6.13. The molecule has 0 aromatic carbocycles.